The van der Waals surface area contributed by atoms with Gasteiger partial charge in [0.05, 0.1) is 29.4 Å². The fourth-order valence-corrected chi connectivity index (χ4v) is 3.39. The van der Waals surface area contributed by atoms with Gasteiger partial charge in [0.2, 0.25) is 5.95 Å². The number of rotatable bonds is 3. The lowest BCUT2D eigenvalue weighted by atomic mass is 10.0. The third kappa shape index (κ3) is 3.49. The van der Waals surface area contributed by atoms with Crippen LogP contribution in [-0.4, -0.2) is 39.6 Å². The molecule has 6 nitrogen and oxygen atoms in total. The highest BCUT2D eigenvalue weighted by Crippen LogP contribution is 2.32. The van der Waals surface area contributed by atoms with Gasteiger partial charge >= 0.3 is 0 Å². The van der Waals surface area contributed by atoms with E-state index in [1.54, 1.807) is 17.0 Å². The largest absolute Gasteiger partial charge is 0.340 e. The minimum Gasteiger partial charge on any atom is -0.340 e. The van der Waals surface area contributed by atoms with Crippen LogP contribution in [0.25, 0.3) is 11.0 Å². The van der Waals surface area contributed by atoms with Crippen molar-refractivity contribution in [3.63, 3.8) is 0 Å². The molecule has 0 saturated carbocycles. The Morgan fingerprint density at radius 1 is 1.28 bits per heavy atom. The van der Waals surface area contributed by atoms with Crippen LogP contribution in [0.5, 0.6) is 0 Å². The van der Waals surface area contributed by atoms with Gasteiger partial charge in [0, 0.05) is 37.8 Å². The van der Waals surface area contributed by atoms with E-state index in [4.69, 9.17) is 11.0 Å². The predicted octanol–water partition coefficient (Wildman–Crippen LogP) is 2.80. The summed E-state index contributed by atoms with van der Waals surface area (Å²) in [5, 5.41) is 8.90. The van der Waals surface area contributed by atoms with E-state index in [0.717, 1.165) is 12.1 Å². The lowest BCUT2D eigenvalue weighted by molar-refractivity contribution is -0.0395. The number of fused-ring (bicyclic) bond motifs is 1. The highest BCUT2D eigenvalue weighted by molar-refractivity contribution is 5.80. The number of alkyl halides is 2. The molecular weight excluding hydrogens is 388 g/mol. The first-order chi connectivity index (χ1) is 13.8. The number of imidazole rings is 1. The summed E-state index contributed by atoms with van der Waals surface area (Å²) in [6.07, 6.45) is 0.913. The normalized spacial score (nSPS) is 18.8. The summed E-state index contributed by atoms with van der Waals surface area (Å²) in [5.41, 5.74) is 6.61. The molecule has 2 aromatic heterocycles. The van der Waals surface area contributed by atoms with E-state index in [-0.39, 0.29) is 36.6 Å². The maximum Gasteiger partial charge on any atom is 0.266 e. The molecule has 1 fully saturated rings. The molecule has 29 heavy (non-hydrogen) atoms. The Hall–Kier alpha value is -3.19. The molecular formula is C19H16F4N6. The van der Waals surface area contributed by atoms with Gasteiger partial charge in [0.25, 0.3) is 5.92 Å². The molecule has 4 rings (SSSR count). The van der Waals surface area contributed by atoms with Gasteiger partial charge in [-0.3, -0.25) is 4.98 Å². The molecule has 2 N–H and O–H groups in total. The van der Waals surface area contributed by atoms with E-state index in [1.807, 2.05) is 6.07 Å². The van der Waals surface area contributed by atoms with Gasteiger partial charge in [-0.15, -0.1) is 0 Å². The molecule has 10 heteroatoms. The molecule has 0 aliphatic carbocycles. The summed E-state index contributed by atoms with van der Waals surface area (Å²) in [6.45, 7) is -0.126. The summed E-state index contributed by atoms with van der Waals surface area (Å²) < 4.78 is 57.3. The molecule has 3 heterocycles. The summed E-state index contributed by atoms with van der Waals surface area (Å²) in [5.74, 6) is -4.42. The molecule has 0 spiro atoms. The molecule has 1 aliphatic rings. The third-order valence-corrected chi connectivity index (χ3v) is 4.98. The molecule has 1 aromatic carbocycles. The van der Waals surface area contributed by atoms with Crippen LogP contribution in [0.1, 0.15) is 17.7 Å². The molecule has 3 aromatic rings. The van der Waals surface area contributed by atoms with Crippen LogP contribution < -0.4 is 10.6 Å². The average Bonchev–Trinajstić information content (AvgIpc) is 3.03. The van der Waals surface area contributed by atoms with Crippen LogP contribution in [0.4, 0.5) is 23.5 Å². The van der Waals surface area contributed by atoms with Crippen molar-refractivity contribution in [2.75, 3.05) is 18.0 Å². The monoisotopic (exact) mass is 404 g/mol. The standard InChI is InChI=1S/C19H16F4N6/c20-12-5-14(21)17-15(6-12)29(9-13-2-1-11(7-24)8-26-13)18(27-17)28-4-3-19(22,23)16(25)10-28/h1-2,5-6,8,16H,3-4,9-10,25H2. The Morgan fingerprint density at radius 3 is 2.72 bits per heavy atom. The number of anilines is 1. The highest BCUT2D eigenvalue weighted by atomic mass is 19.3. The predicted molar refractivity (Wildman–Crippen MR) is 97.5 cm³/mol. The van der Waals surface area contributed by atoms with E-state index >= 15 is 0 Å². The fraction of sp³-hybridized carbons (Fsp3) is 0.316. The van der Waals surface area contributed by atoms with Gasteiger partial charge in [-0.05, 0) is 12.1 Å². The Morgan fingerprint density at radius 2 is 2.07 bits per heavy atom. The first kappa shape index (κ1) is 19.1. The maximum absolute atomic E-state index is 14.3. The van der Waals surface area contributed by atoms with E-state index in [0.29, 0.717) is 11.3 Å². The highest BCUT2D eigenvalue weighted by Gasteiger charge is 2.42. The van der Waals surface area contributed by atoms with Gasteiger partial charge in [0.1, 0.15) is 17.4 Å². The smallest absolute Gasteiger partial charge is 0.266 e. The summed E-state index contributed by atoms with van der Waals surface area (Å²) in [6, 6.07) is 5.59. The molecule has 150 valence electrons. The number of hydrogen-bond acceptors (Lipinski definition) is 5. The minimum absolute atomic E-state index is 0.0328. The fourth-order valence-electron chi connectivity index (χ4n) is 3.39. The molecule has 0 amide bonds. The number of nitrogens with zero attached hydrogens (tertiary/aromatic N) is 5. The lowest BCUT2D eigenvalue weighted by Crippen LogP contribution is -2.55. The van der Waals surface area contributed by atoms with Crippen molar-refractivity contribution in [1.82, 2.24) is 14.5 Å². The molecule has 1 aliphatic heterocycles. The van der Waals surface area contributed by atoms with Gasteiger partial charge in [0.15, 0.2) is 5.82 Å². The van der Waals surface area contributed by atoms with E-state index in [1.165, 1.54) is 10.8 Å². The van der Waals surface area contributed by atoms with Crippen molar-refractivity contribution in [2.24, 2.45) is 5.73 Å². The zero-order valence-corrected chi connectivity index (χ0v) is 15.1. The summed E-state index contributed by atoms with van der Waals surface area (Å²) in [7, 11) is 0. The van der Waals surface area contributed by atoms with Gasteiger partial charge in [-0.25, -0.2) is 22.5 Å². The molecule has 1 unspecified atom stereocenters. The zero-order chi connectivity index (χ0) is 20.8. The van der Waals surface area contributed by atoms with Crippen molar-refractivity contribution in [3.05, 3.63) is 53.4 Å². The second-order valence-electron chi connectivity index (χ2n) is 6.97. The number of piperidine rings is 1. The molecule has 1 atom stereocenters. The van der Waals surface area contributed by atoms with Crippen LogP contribution >= 0.6 is 0 Å². The number of benzene rings is 1. The number of nitrogens with two attached hydrogens (primary N) is 1. The quantitative estimate of drug-likeness (QED) is 0.679. The molecule has 1 saturated heterocycles. The van der Waals surface area contributed by atoms with Crippen molar-refractivity contribution in [1.29, 1.82) is 5.26 Å². The minimum atomic E-state index is -3.00. The summed E-state index contributed by atoms with van der Waals surface area (Å²) in [4.78, 5) is 9.98. The molecule has 0 bridgehead atoms. The maximum atomic E-state index is 14.3. The van der Waals surface area contributed by atoms with Crippen LogP contribution in [0, 0.1) is 23.0 Å². The average molecular weight is 404 g/mol. The second kappa shape index (κ2) is 7.00. The Kier molecular flexibility index (Phi) is 4.62. The third-order valence-electron chi connectivity index (χ3n) is 4.98. The number of aromatic nitrogens is 3. The number of pyridine rings is 1. The number of halogens is 4. The first-order valence-corrected chi connectivity index (χ1v) is 8.87. The van der Waals surface area contributed by atoms with Crippen LogP contribution in [0.3, 0.4) is 0 Å². The van der Waals surface area contributed by atoms with Crippen molar-refractivity contribution < 1.29 is 17.6 Å². The number of hydrogen-bond donors (Lipinski definition) is 1. The Balaban J connectivity index is 1.80. The van der Waals surface area contributed by atoms with Gasteiger partial charge < -0.3 is 15.2 Å². The van der Waals surface area contributed by atoms with E-state index < -0.39 is 30.0 Å². The first-order valence-electron chi connectivity index (χ1n) is 8.87. The lowest BCUT2D eigenvalue weighted by Gasteiger charge is -2.37. The van der Waals surface area contributed by atoms with Gasteiger partial charge in [-0.1, -0.05) is 0 Å². The van der Waals surface area contributed by atoms with Crippen molar-refractivity contribution >= 4 is 17.0 Å². The SMILES string of the molecule is N#Cc1ccc(Cn2c(N3CCC(F)(F)C(N)C3)nc3c(F)cc(F)cc32)nc1. The van der Waals surface area contributed by atoms with Crippen LogP contribution in [-0.2, 0) is 6.54 Å². The van der Waals surface area contributed by atoms with Crippen LogP contribution in [0.2, 0.25) is 0 Å². The van der Waals surface area contributed by atoms with Crippen LogP contribution in [0.15, 0.2) is 30.5 Å². The van der Waals surface area contributed by atoms with E-state index in [9.17, 15) is 17.6 Å². The zero-order valence-electron chi connectivity index (χ0n) is 15.1. The van der Waals surface area contributed by atoms with Gasteiger partial charge in [-0.2, -0.15) is 5.26 Å². The van der Waals surface area contributed by atoms with Crippen molar-refractivity contribution in [2.45, 2.75) is 24.9 Å². The molecule has 0 radical (unpaired) electrons. The number of nitriles is 1. The van der Waals surface area contributed by atoms with Crippen molar-refractivity contribution in [3.8, 4) is 6.07 Å². The Bertz CT molecular complexity index is 1100. The van der Waals surface area contributed by atoms with E-state index in [2.05, 4.69) is 9.97 Å². The topological polar surface area (TPSA) is 83.8 Å². The summed E-state index contributed by atoms with van der Waals surface area (Å²) >= 11 is 0. The Labute approximate surface area is 163 Å². The second-order valence-corrected chi connectivity index (χ2v) is 6.97.